The van der Waals surface area contributed by atoms with E-state index in [1.807, 2.05) is 35.2 Å². The lowest BCUT2D eigenvalue weighted by atomic mass is 9.96. The van der Waals surface area contributed by atoms with Crippen molar-refractivity contribution in [2.45, 2.75) is 6.04 Å². The smallest absolute Gasteiger partial charge is 0.250 e. The minimum Gasteiger partial charge on any atom is -0.362 e. The Kier molecular flexibility index (Phi) is 7.85. The van der Waals surface area contributed by atoms with E-state index in [4.69, 9.17) is 4.74 Å². The summed E-state index contributed by atoms with van der Waals surface area (Å²) < 4.78 is 5.38. The van der Waals surface area contributed by atoms with Crippen molar-refractivity contribution in [3.8, 4) is 0 Å². The van der Waals surface area contributed by atoms with Crippen molar-refractivity contribution in [2.75, 3.05) is 44.7 Å². The first-order chi connectivity index (χ1) is 16.2. The number of carbonyl (C=O) groups excluding carboxylic acids is 2. The Morgan fingerprint density at radius 1 is 0.727 bits per heavy atom. The maximum atomic E-state index is 12.6. The first-order valence-corrected chi connectivity index (χ1v) is 11.2. The zero-order valence-corrected chi connectivity index (χ0v) is 18.6. The summed E-state index contributed by atoms with van der Waals surface area (Å²) in [5, 5.41) is 2.75. The number of benzene rings is 3. The van der Waals surface area contributed by atoms with E-state index < -0.39 is 0 Å². The average molecular weight is 444 g/mol. The van der Waals surface area contributed by atoms with E-state index in [0.29, 0.717) is 18.8 Å². The molecule has 33 heavy (non-hydrogen) atoms. The molecule has 1 saturated heterocycles. The van der Waals surface area contributed by atoms with Gasteiger partial charge < -0.3 is 15.0 Å². The minimum absolute atomic E-state index is 0.0851. The zero-order chi connectivity index (χ0) is 22.9. The molecule has 1 aliphatic heterocycles. The lowest BCUT2D eigenvalue weighted by Crippen LogP contribution is -2.50. The molecule has 0 bridgehead atoms. The van der Waals surface area contributed by atoms with Crippen molar-refractivity contribution in [3.05, 3.63) is 102 Å². The summed E-state index contributed by atoms with van der Waals surface area (Å²) in [6, 6.07) is 30.3. The summed E-state index contributed by atoms with van der Waals surface area (Å²) in [6.07, 6.45) is 0. The number of anilines is 1. The van der Waals surface area contributed by atoms with Crippen LogP contribution in [0.5, 0.6) is 0 Å². The third kappa shape index (κ3) is 6.28. The van der Waals surface area contributed by atoms with Crippen molar-refractivity contribution < 1.29 is 14.3 Å². The highest BCUT2D eigenvalue weighted by Gasteiger charge is 2.28. The average Bonchev–Trinajstić information content (AvgIpc) is 2.86. The lowest BCUT2D eigenvalue weighted by Gasteiger charge is -2.39. The van der Waals surface area contributed by atoms with Crippen molar-refractivity contribution >= 4 is 17.5 Å². The predicted octanol–water partition coefficient (Wildman–Crippen LogP) is 3.58. The summed E-state index contributed by atoms with van der Waals surface area (Å²) in [6.45, 7) is 2.57. The summed E-state index contributed by atoms with van der Waals surface area (Å²) in [4.78, 5) is 28.8. The number of ether oxygens (including phenoxy) is 1. The van der Waals surface area contributed by atoms with Gasteiger partial charge in [-0.2, -0.15) is 0 Å². The second-order valence-electron chi connectivity index (χ2n) is 8.05. The molecule has 170 valence electrons. The molecule has 3 aromatic carbocycles. The molecule has 1 heterocycles. The van der Waals surface area contributed by atoms with E-state index in [-0.39, 0.29) is 31.1 Å². The second kappa shape index (κ2) is 11.4. The van der Waals surface area contributed by atoms with Crippen molar-refractivity contribution in [2.24, 2.45) is 0 Å². The number of piperazine rings is 1. The van der Waals surface area contributed by atoms with Crippen molar-refractivity contribution in [1.29, 1.82) is 0 Å². The number of rotatable bonds is 8. The number of hydrogen-bond donors (Lipinski definition) is 1. The van der Waals surface area contributed by atoms with Crippen LogP contribution < -0.4 is 5.32 Å². The third-order valence-corrected chi connectivity index (χ3v) is 5.78. The van der Waals surface area contributed by atoms with Gasteiger partial charge in [0, 0.05) is 31.9 Å². The molecule has 3 aromatic rings. The molecule has 0 atom stereocenters. The highest BCUT2D eigenvalue weighted by atomic mass is 16.5. The van der Waals surface area contributed by atoms with Crippen LogP contribution in [0.25, 0.3) is 0 Å². The van der Waals surface area contributed by atoms with Gasteiger partial charge in [0.2, 0.25) is 11.8 Å². The molecule has 4 rings (SSSR count). The number of hydrogen-bond acceptors (Lipinski definition) is 4. The van der Waals surface area contributed by atoms with E-state index in [1.165, 1.54) is 11.1 Å². The Hall–Kier alpha value is -3.48. The van der Waals surface area contributed by atoms with Gasteiger partial charge in [0.1, 0.15) is 13.2 Å². The van der Waals surface area contributed by atoms with E-state index in [0.717, 1.165) is 13.1 Å². The van der Waals surface area contributed by atoms with Gasteiger partial charge in [-0.1, -0.05) is 78.9 Å². The van der Waals surface area contributed by atoms with E-state index in [2.05, 4.69) is 58.7 Å². The second-order valence-corrected chi connectivity index (χ2v) is 8.05. The molecule has 0 aliphatic carbocycles. The third-order valence-electron chi connectivity index (χ3n) is 5.78. The van der Waals surface area contributed by atoms with Gasteiger partial charge in [0.05, 0.1) is 6.04 Å². The van der Waals surface area contributed by atoms with Crippen LogP contribution in [0.1, 0.15) is 17.2 Å². The van der Waals surface area contributed by atoms with Crippen molar-refractivity contribution in [3.63, 3.8) is 0 Å². The Labute approximate surface area is 194 Å². The Balaban J connectivity index is 1.27. The van der Waals surface area contributed by atoms with Crippen LogP contribution in [0.3, 0.4) is 0 Å². The fourth-order valence-corrected chi connectivity index (χ4v) is 4.16. The first kappa shape index (κ1) is 22.7. The van der Waals surface area contributed by atoms with Gasteiger partial charge in [0.25, 0.3) is 0 Å². The molecule has 6 heteroatoms. The molecular formula is C27H29N3O3. The van der Waals surface area contributed by atoms with Crippen LogP contribution in [-0.4, -0.2) is 61.0 Å². The predicted molar refractivity (Wildman–Crippen MR) is 129 cm³/mol. The van der Waals surface area contributed by atoms with Gasteiger partial charge in [0.15, 0.2) is 0 Å². The molecule has 1 aliphatic rings. The van der Waals surface area contributed by atoms with Crippen LogP contribution in [0.2, 0.25) is 0 Å². The highest BCUT2D eigenvalue weighted by Crippen LogP contribution is 2.29. The molecule has 1 fully saturated rings. The molecule has 1 N–H and O–H groups in total. The van der Waals surface area contributed by atoms with Crippen LogP contribution >= 0.6 is 0 Å². The molecule has 0 unspecified atom stereocenters. The number of para-hydroxylation sites is 1. The molecule has 0 spiro atoms. The van der Waals surface area contributed by atoms with Gasteiger partial charge in [-0.25, -0.2) is 0 Å². The monoisotopic (exact) mass is 443 g/mol. The van der Waals surface area contributed by atoms with Crippen molar-refractivity contribution in [1.82, 2.24) is 9.80 Å². The number of nitrogens with zero attached hydrogens (tertiary/aromatic N) is 2. The largest absolute Gasteiger partial charge is 0.362 e. The molecule has 0 aromatic heterocycles. The van der Waals surface area contributed by atoms with Crippen LogP contribution in [0, 0.1) is 0 Å². The maximum Gasteiger partial charge on any atom is 0.250 e. The molecular weight excluding hydrogens is 414 g/mol. The maximum absolute atomic E-state index is 12.6. The fraction of sp³-hybridized carbons (Fsp3) is 0.259. The Bertz CT molecular complexity index is 981. The fourth-order valence-electron chi connectivity index (χ4n) is 4.16. The summed E-state index contributed by atoms with van der Waals surface area (Å²) >= 11 is 0. The van der Waals surface area contributed by atoms with Gasteiger partial charge in [-0.05, 0) is 23.3 Å². The zero-order valence-electron chi connectivity index (χ0n) is 18.6. The summed E-state index contributed by atoms with van der Waals surface area (Å²) in [5.74, 6) is -0.356. The summed E-state index contributed by atoms with van der Waals surface area (Å²) in [5.41, 5.74) is 3.20. The molecule has 6 nitrogen and oxygen atoms in total. The number of amides is 2. The van der Waals surface area contributed by atoms with Crippen LogP contribution in [0.15, 0.2) is 91.0 Å². The highest BCUT2D eigenvalue weighted by molar-refractivity contribution is 5.91. The van der Waals surface area contributed by atoms with Gasteiger partial charge >= 0.3 is 0 Å². The lowest BCUT2D eigenvalue weighted by molar-refractivity contribution is -0.139. The first-order valence-electron chi connectivity index (χ1n) is 11.2. The Morgan fingerprint density at radius 2 is 1.24 bits per heavy atom. The minimum atomic E-state index is -0.271. The number of carbonyl (C=O) groups is 2. The molecule has 2 amide bonds. The van der Waals surface area contributed by atoms with E-state index >= 15 is 0 Å². The number of nitrogens with one attached hydrogen (secondary N) is 1. The topological polar surface area (TPSA) is 61.9 Å². The van der Waals surface area contributed by atoms with E-state index in [9.17, 15) is 9.59 Å². The Morgan fingerprint density at radius 3 is 1.79 bits per heavy atom. The molecule has 0 saturated carbocycles. The van der Waals surface area contributed by atoms with Crippen LogP contribution in [-0.2, 0) is 14.3 Å². The normalized spacial score (nSPS) is 14.3. The SMILES string of the molecule is O=C(COCC(=O)N1CCN(C(c2ccccc2)c2ccccc2)CC1)Nc1ccccc1. The van der Waals surface area contributed by atoms with E-state index in [1.54, 1.807) is 12.1 Å². The van der Waals surface area contributed by atoms with Crippen LogP contribution in [0.4, 0.5) is 5.69 Å². The standard InChI is InChI=1S/C27H29N3O3/c31-25(28-24-14-8-3-9-15-24)20-33-21-26(32)29-16-18-30(19-17-29)27(22-10-4-1-5-11-22)23-12-6-2-7-13-23/h1-15,27H,16-21H2,(H,28,31). The van der Waals surface area contributed by atoms with Gasteiger partial charge in [-0.15, -0.1) is 0 Å². The quantitative estimate of drug-likeness (QED) is 0.578. The molecule has 0 radical (unpaired) electrons. The van der Waals surface area contributed by atoms with Gasteiger partial charge in [-0.3, -0.25) is 14.5 Å². The summed E-state index contributed by atoms with van der Waals surface area (Å²) in [7, 11) is 0.